The van der Waals surface area contributed by atoms with E-state index < -0.39 is 0 Å². The molecule has 2 heterocycles. The monoisotopic (exact) mass is 194 g/mol. The fourth-order valence-electron chi connectivity index (χ4n) is 1.19. The summed E-state index contributed by atoms with van der Waals surface area (Å²) in [6, 6.07) is 2.02. The summed E-state index contributed by atoms with van der Waals surface area (Å²) in [5.41, 5.74) is 3.66. The van der Waals surface area contributed by atoms with E-state index in [9.17, 15) is 0 Å². The average Bonchev–Trinajstić information content (AvgIpc) is 2.52. The second-order valence-corrected chi connectivity index (χ2v) is 3.59. The average molecular weight is 194 g/mol. The van der Waals surface area contributed by atoms with Crippen molar-refractivity contribution in [2.24, 2.45) is 0 Å². The van der Waals surface area contributed by atoms with E-state index >= 15 is 0 Å². The molecular weight excluding hydrogens is 184 g/mol. The molecule has 0 aliphatic rings. The molecule has 0 aromatic carbocycles. The van der Waals surface area contributed by atoms with Crippen LogP contribution in [0.1, 0.15) is 12.6 Å². The van der Waals surface area contributed by atoms with Gasteiger partial charge in [-0.15, -0.1) is 11.3 Å². The molecule has 4 heteroatoms. The van der Waals surface area contributed by atoms with Crippen molar-refractivity contribution in [3.63, 3.8) is 0 Å². The van der Waals surface area contributed by atoms with Gasteiger partial charge in [-0.1, -0.05) is 0 Å². The van der Waals surface area contributed by atoms with Gasteiger partial charge in [-0.05, 0) is 19.9 Å². The molecule has 0 fully saturated rings. The maximum absolute atomic E-state index is 5.39. The van der Waals surface area contributed by atoms with Crippen molar-refractivity contribution in [1.82, 2.24) is 9.97 Å². The summed E-state index contributed by atoms with van der Waals surface area (Å²) in [5, 5.41) is 0. The van der Waals surface area contributed by atoms with Gasteiger partial charge in [0.2, 0.25) is 5.88 Å². The molecular formula is C9H10N2OS. The number of aryl methyl sites for hydroxylation is 1. The Hall–Kier alpha value is -1.16. The van der Waals surface area contributed by atoms with Gasteiger partial charge in [-0.25, -0.2) is 9.97 Å². The molecule has 68 valence electrons. The first kappa shape index (κ1) is 8.44. The lowest BCUT2D eigenvalue weighted by Crippen LogP contribution is -1.96. The van der Waals surface area contributed by atoms with Gasteiger partial charge in [0.1, 0.15) is 5.52 Å². The van der Waals surface area contributed by atoms with Crippen molar-refractivity contribution >= 4 is 21.6 Å². The van der Waals surface area contributed by atoms with Crippen LogP contribution in [0.2, 0.25) is 0 Å². The first-order valence-electron chi connectivity index (χ1n) is 4.15. The highest BCUT2D eigenvalue weighted by Gasteiger charge is 2.06. The Morgan fingerprint density at radius 1 is 1.54 bits per heavy atom. The van der Waals surface area contributed by atoms with E-state index in [-0.39, 0.29) is 0 Å². The number of hydrogen-bond acceptors (Lipinski definition) is 4. The molecule has 0 radical (unpaired) electrons. The lowest BCUT2D eigenvalue weighted by Gasteiger charge is -2.02. The summed E-state index contributed by atoms with van der Waals surface area (Å²) in [6.07, 6.45) is 0. The molecule has 0 aliphatic heterocycles. The summed E-state index contributed by atoms with van der Waals surface area (Å²) in [5.74, 6) is 0.652. The lowest BCUT2D eigenvalue weighted by molar-refractivity contribution is 0.330. The first-order valence-corrected chi connectivity index (χ1v) is 5.03. The fourth-order valence-corrected chi connectivity index (χ4v) is 1.95. The van der Waals surface area contributed by atoms with Crippen molar-refractivity contribution in [2.75, 3.05) is 6.61 Å². The van der Waals surface area contributed by atoms with Gasteiger partial charge in [0, 0.05) is 5.69 Å². The Labute approximate surface area is 80.4 Å². The minimum absolute atomic E-state index is 0.628. The van der Waals surface area contributed by atoms with Crippen molar-refractivity contribution in [3.05, 3.63) is 17.3 Å². The quantitative estimate of drug-likeness (QED) is 0.736. The normalized spacial score (nSPS) is 10.6. The zero-order valence-electron chi connectivity index (χ0n) is 7.57. The molecule has 2 aromatic rings. The predicted molar refractivity (Wildman–Crippen MR) is 53.3 cm³/mol. The Kier molecular flexibility index (Phi) is 2.14. The maximum Gasteiger partial charge on any atom is 0.241 e. The van der Waals surface area contributed by atoms with E-state index in [0.29, 0.717) is 12.5 Å². The standard InChI is InChI=1S/C9H10N2OS/c1-3-12-9-8-7(13-5-10-8)4-6(2)11-9/h4-5H,3H2,1-2H3. The summed E-state index contributed by atoms with van der Waals surface area (Å²) in [6.45, 7) is 4.53. The third-order valence-electron chi connectivity index (χ3n) is 1.70. The molecule has 0 unspecified atom stereocenters. The largest absolute Gasteiger partial charge is 0.476 e. The van der Waals surface area contributed by atoms with Crippen LogP contribution in [0.25, 0.3) is 10.2 Å². The minimum Gasteiger partial charge on any atom is -0.476 e. The Morgan fingerprint density at radius 3 is 3.15 bits per heavy atom. The van der Waals surface area contributed by atoms with E-state index in [0.717, 1.165) is 15.9 Å². The van der Waals surface area contributed by atoms with Crippen LogP contribution in [0.4, 0.5) is 0 Å². The third kappa shape index (κ3) is 1.49. The smallest absolute Gasteiger partial charge is 0.241 e. The van der Waals surface area contributed by atoms with Gasteiger partial charge < -0.3 is 4.74 Å². The number of nitrogens with zero attached hydrogens (tertiary/aromatic N) is 2. The van der Waals surface area contributed by atoms with Crippen LogP contribution in [0.3, 0.4) is 0 Å². The van der Waals surface area contributed by atoms with Crippen molar-refractivity contribution < 1.29 is 4.74 Å². The number of fused-ring (bicyclic) bond motifs is 1. The molecule has 0 bridgehead atoms. The molecule has 0 spiro atoms. The van der Waals surface area contributed by atoms with Crippen LogP contribution in [-0.4, -0.2) is 16.6 Å². The van der Waals surface area contributed by atoms with Gasteiger partial charge in [-0.2, -0.15) is 0 Å². The van der Waals surface area contributed by atoms with Crippen molar-refractivity contribution in [1.29, 1.82) is 0 Å². The summed E-state index contributed by atoms with van der Waals surface area (Å²) >= 11 is 1.61. The highest BCUT2D eigenvalue weighted by Crippen LogP contribution is 2.25. The van der Waals surface area contributed by atoms with Gasteiger partial charge >= 0.3 is 0 Å². The van der Waals surface area contributed by atoms with Gasteiger partial charge in [0.05, 0.1) is 16.8 Å². The minimum atomic E-state index is 0.628. The summed E-state index contributed by atoms with van der Waals surface area (Å²) in [4.78, 5) is 8.49. The molecule has 0 N–H and O–H groups in total. The highest BCUT2D eigenvalue weighted by atomic mass is 32.1. The molecule has 13 heavy (non-hydrogen) atoms. The van der Waals surface area contributed by atoms with E-state index in [1.165, 1.54) is 0 Å². The van der Waals surface area contributed by atoms with Crippen LogP contribution < -0.4 is 4.74 Å². The van der Waals surface area contributed by atoms with E-state index in [2.05, 4.69) is 9.97 Å². The second kappa shape index (κ2) is 3.30. The van der Waals surface area contributed by atoms with Crippen LogP contribution in [-0.2, 0) is 0 Å². The van der Waals surface area contributed by atoms with Crippen LogP contribution >= 0.6 is 11.3 Å². The third-order valence-corrected chi connectivity index (χ3v) is 2.47. The van der Waals surface area contributed by atoms with Crippen LogP contribution in [0.5, 0.6) is 5.88 Å². The molecule has 0 atom stereocenters. The zero-order valence-corrected chi connectivity index (χ0v) is 8.39. The van der Waals surface area contributed by atoms with Crippen molar-refractivity contribution in [3.8, 4) is 5.88 Å². The number of pyridine rings is 1. The Balaban J connectivity index is 2.63. The molecule has 0 saturated heterocycles. The summed E-state index contributed by atoms with van der Waals surface area (Å²) < 4.78 is 6.53. The molecule has 0 saturated carbocycles. The van der Waals surface area contributed by atoms with Gasteiger partial charge in [-0.3, -0.25) is 0 Å². The van der Waals surface area contributed by atoms with Crippen molar-refractivity contribution in [2.45, 2.75) is 13.8 Å². The first-order chi connectivity index (χ1) is 6.31. The number of aromatic nitrogens is 2. The second-order valence-electron chi connectivity index (χ2n) is 2.70. The van der Waals surface area contributed by atoms with Crippen LogP contribution in [0.15, 0.2) is 11.6 Å². The van der Waals surface area contributed by atoms with Gasteiger partial charge in [0.15, 0.2) is 0 Å². The maximum atomic E-state index is 5.39. The Bertz CT molecular complexity index is 424. The zero-order chi connectivity index (χ0) is 9.26. The SMILES string of the molecule is CCOc1nc(C)cc2scnc12. The van der Waals surface area contributed by atoms with Crippen LogP contribution in [0, 0.1) is 6.92 Å². The van der Waals surface area contributed by atoms with E-state index in [4.69, 9.17) is 4.74 Å². The van der Waals surface area contributed by atoms with E-state index in [1.807, 2.05) is 25.4 Å². The molecule has 2 aromatic heterocycles. The van der Waals surface area contributed by atoms with E-state index in [1.54, 1.807) is 11.3 Å². The lowest BCUT2D eigenvalue weighted by atomic mass is 10.3. The molecule has 0 aliphatic carbocycles. The fraction of sp³-hybridized carbons (Fsp3) is 0.333. The molecule has 3 nitrogen and oxygen atoms in total. The summed E-state index contributed by atoms with van der Waals surface area (Å²) in [7, 11) is 0. The highest BCUT2D eigenvalue weighted by molar-refractivity contribution is 7.16. The van der Waals surface area contributed by atoms with Gasteiger partial charge in [0.25, 0.3) is 0 Å². The number of rotatable bonds is 2. The number of thiazole rings is 1. The predicted octanol–water partition coefficient (Wildman–Crippen LogP) is 2.40. The molecule has 0 amide bonds. The number of hydrogen-bond donors (Lipinski definition) is 0. The Morgan fingerprint density at radius 2 is 2.38 bits per heavy atom. The number of ether oxygens (including phenoxy) is 1. The topological polar surface area (TPSA) is 35.0 Å². The molecule has 2 rings (SSSR count).